The third-order valence-electron chi connectivity index (χ3n) is 3.99. The summed E-state index contributed by atoms with van der Waals surface area (Å²) in [6, 6.07) is 14.3. The smallest absolute Gasteiger partial charge is 0.271 e. The quantitative estimate of drug-likeness (QED) is 0.409. The van der Waals surface area contributed by atoms with Crippen LogP contribution in [0.15, 0.2) is 58.7 Å². The molecule has 0 radical (unpaired) electrons. The predicted molar refractivity (Wildman–Crippen MR) is 112 cm³/mol. The monoisotopic (exact) mass is 476 g/mol. The average molecular weight is 476 g/mol. The molecule has 0 fully saturated rings. The molecular weight excluding hydrogens is 459 g/mol. The highest BCUT2D eigenvalue weighted by atomic mass is 127. The summed E-state index contributed by atoms with van der Waals surface area (Å²) in [6.07, 6.45) is 1.39. The highest BCUT2D eigenvalue weighted by Gasteiger charge is 2.33. The van der Waals surface area contributed by atoms with E-state index >= 15 is 0 Å². The van der Waals surface area contributed by atoms with Gasteiger partial charge in [0, 0.05) is 11.8 Å². The molecule has 0 spiro atoms. The Morgan fingerprint density at radius 1 is 1.30 bits per heavy atom. The molecule has 0 saturated carbocycles. The van der Waals surface area contributed by atoms with Crippen molar-refractivity contribution in [2.75, 3.05) is 12.1 Å². The number of ether oxygens (including phenoxy) is 1. The number of para-hydroxylation sites is 1. The lowest BCUT2D eigenvalue weighted by Gasteiger charge is -2.12. The van der Waals surface area contributed by atoms with Gasteiger partial charge in [0.05, 0.1) is 22.1 Å². The van der Waals surface area contributed by atoms with Crippen LogP contribution in [0.5, 0.6) is 5.75 Å². The van der Waals surface area contributed by atoms with Crippen LogP contribution in [0, 0.1) is 9.49 Å². The van der Waals surface area contributed by atoms with Gasteiger partial charge in [-0.15, -0.1) is 0 Å². The Kier molecular flexibility index (Phi) is 5.84. The van der Waals surface area contributed by atoms with Crippen LogP contribution < -0.4 is 15.2 Å². The molecule has 0 saturated heterocycles. The van der Waals surface area contributed by atoms with Gasteiger partial charge in [-0.05, 0) is 59.8 Å². The van der Waals surface area contributed by atoms with Crippen molar-refractivity contribution in [2.24, 2.45) is 16.1 Å². The Morgan fingerprint density at radius 3 is 2.74 bits per heavy atom. The first-order valence-electron chi connectivity index (χ1n) is 8.12. The lowest BCUT2D eigenvalue weighted by atomic mass is 10.1. The molecule has 7 nitrogen and oxygen atoms in total. The Morgan fingerprint density at radius 2 is 2.04 bits per heavy atom. The molecule has 0 aromatic heterocycles. The van der Waals surface area contributed by atoms with Crippen molar-refractivity contribution in [2.45, 2.75) is 6.92 Å². The normalized spacial score (nSPS) is 16.6. The van der Waals surface area contributed by atoms with E-state index in [-0.39, 0.29) is 11.8 Å². The average Bonchev–Trinajstić information content (AvgIpc) is 2.97. The molecular formula is C19H17IN4O3. The van der Waals surface area contributed by atoms with Crippen LogP contribution in [0.4, 0.5) is 5.69 Å². The molecule has 8 heteroatoms. The second-order valence-corrected chi connectivity index (χ2v) is 6.94. The summed E-state index contributed by atoms with van der Waals surface area (Å²) < 4.78 is 6.11. The minimum Gasteiger partial charge on any atom is -0.496 e. The van der Waals surface area contributed by atoms with Gasteiger partial charge in [-0.2, -0.15) is 15.2 Å². The highest BCUT2D eigenvalue weighted by molar-refractivity contribution is 14.1. The number of methoxy groups -OCH3 is 1. The topological polar surface area (TPSA) is 83.4 Å². The molecule has 2 amide bonds. The van der Waals surface area contributed by atoms with Gasteiger partial charge in [0.15, 0.2) is 0 Å². The molecule has 1 aliphatic rings. The molecule has 2 aromatic rings. The van der Waals surface area contributed by atoms with Gasteiger partial charge in [-0.1, -0.05) is 18.2 Å². The first-order chi connectivity index (χ1) is 13.0. The van der Waals surface area contributed by atoms with Crippen molar-refractivity contribution < 1.29 is 14.3 Å². The van der Waals surface area contributed by atoms with Crippen molar-refractivity contribution in [3.05, 3.63) is 57.7 Å². The SMILES string of the molecule is COc1cc(C(=O)N/N=C\C2C(=O)N(c3ccccc3)N=C2C)ccc1I. The maximum Gasteiger partial charge on any atom is 0.271 e. The minimum atomic E-state index is -0.614. The van der Waals surface area contributed by atoms with Gasteiger partial charge in [0.1, 0.15) is 11.7 Å². The predicted octanol–water partition coefficient (Wildman–Crippen LogP) is 3.05. The van der Waals surface area contributed by atoms with Gasteiger partial charge in [-0.3, -0.25) is 9.59 Å². The zero-order valence-electron chi connectivity index (χ0n) is 14.7. The molecule has 1 unspecified atom stereocenters. The fourth-order valence-corrected chi connectivity index (χ4v) is 3.10. The van der Waals surface area contributed by atoms with Crippen molar-refractivity contribution in [3.8, 4) is 5.75 Å². The van der Waals surface area contributed by atoms with E-state index in [2.05, 4.69) is 38.2 Å². The van der Waals surface area contributed by atoms with Gasteiger partial charge < -0.3 is 4.74 Å². The fourth-order valence-electron chi connectivity index (χ4n) is 2.54. The van der Waals surface area contributed by atoms with Crippen LogP contribution in [-0.2, 0) is 4.79 Å². The first-order valence-corrected chi connectivity index (χ1v) is 9.20. The first kappa shape index (κ1) is 19.0. The number of carbonyl (C=O) groups is 2. The Hall–Kier alpha value is -2.75. The van der Waals surface area contributed by atoms with E-state index in [1.54, 1.807) is 44.4 Å². The summed E-state index contributed by atoms with van der Waals surface area (Å²) in [5, 5.41) is 9.57. The molecule has 0 bridgehead atoms. The number of hydrogen-bond acceptors (Lipinski definition) is 5. The summed E-state index contributed by atoms with van der Waals surface area (Å²) in [7, 11) is 1.55. The second kappa shape index (κ2) is 8.30. The number of nitrogens with one attached hydrogen (secondary N) is 1. The molecule has 27 heavy (non-hydrogen) atoms. The maximum absolute atomic E-state index is 12.6. The van der Waals surface area contributed by atoms with E-state index < -0.39 is 5.92 Å². The Bertz CT molecular complexity index is 928. The summed E-state index contributed by atoms with van der Waals surface area (Å²) in [5.41, 5.74) is 4.15. The van der Waals surface area contributed by atoms with E-state index in [0.717, 1.165) is 3.57 Å². The number of nitrogens with zero attached hydrogens (tertiary/aromatic N) is 3. The lowest BCUT2D eigenvalue weighted by Crippen LogP contribution is -2.29. The van der Waals surface area contributed by atoms with E-state index in [4.69, 9.17) is 4.74 Å². The number of rotatable bonds is 5. The number of amides is 2. The summed E-state index contributed by atoms with van der Waals surface area (Å²) in [4.78, 5) is 24.8. The van der Waals surface area contributed by atoms with Gasteiger partial charge in [0.2, 0.25) is 0 Å². The Labute approximate surface area is 170 Å². The molecule has 0 aliphatic carbocycles. The van der Waals surface area contributed by atoms with Gasteiger partial charge in [-0.25, -0.2) is 5.43 Å². The number of carbonyl (C=O) groups excluding carboxylic acids is 2. The molecule has 2 aromatic carbocycles. The van der Waals surface area contributed by atoms with Crippen LogP contribution >= 0.6 is 22.6 Å². The van der Waals surface area contributed by atoms with Crippen LogP contribution in [0.3, 0.4) is 0 Å². The third-order valence-corrected chi connectivity index (χ3v) is 4.88. The molecule has 1 aliphatic heterocycles. The summed E-state index contributed by atoms with van der Waals surface area (Å²) in [6.45, 7) is 1.75. The van der Waals surface area contributed by atoms with Gasteiger partial charge in [0.25, 0.3) is 11.8 Å². The summed E-state index contributed by atoms with van der Waals surface area (Å²) in [5.74, 6) is -0.606. The van der Waals surface area contributed by atoms with Crippen molar-refractivity contribution in [1.82, 2.24) is 5.43 Å². The van der Waals surface area contributed by atoms with Crippen molar-refractivity contribution >= 4 is 52.0 Å². The zero-order chi connectivity index (χ0) is 19.4. The molecule has 1 heterocycles. The molecule has 1 N–H and O–H groups in total. The van der Waals surface area contributed by atoms with Crippen molar-refractivity contribution in [1.29, 1.82) is 0 Å². The van der Waals surface area contributed by atoms with Crippen molar-refractivity contribution in [3.63, 3.8) is 0 Å². The summed E-state index contributed by atoms with van der Waals surface area (Å²) >= 11 is 2.12. The number of benzene rings is 2. The Balaban J connectivity index is 1.67. The number of hydrazone groups is 2. The second-order valence-electron chi connectivity index (χ2n) is 5.77. The zero-order valence-corrected chi connectivity index (χ0v) is 16.9. The standard InChI is InChI=1S/C19H17IN4O3/c1-12-15(19(26)24(23-12)14-6-4-3-5-7-14)11-21-22-18(25)13-8-9-16(20)17(10-13)27-2/h3-11,15H,1-2H3,(H,22,25)/b21-11-. The van der Waals surface area contributed by atoms with E-state index in [0.29, 0.717) is 22.7 Å². The van der Waals surface area contributed by atoms with Crippen LogP contribution in [0.25, 0.3) is 0 Å². The number of hydrogen-bond donors (Lipinski definition) is 1. The maximum atomic E-state index is 12.6. The largest absolute Gasteiger partial charge is 0.496 e. The fraction of sp³-hybridized carbons (Fsp3) is 0.158. The number of halogens is 1. The molecule has 3 rings (SSSR count). The number of anilines is 1. The van der Waals surface area contributed by atoms with Crippen LogP contribution in [0.1, 0.15) is 17.3 Å². The minimum absolute atomic E-state index is 0.215. The van der Waals surface area contributed by atoms with E-state index in [1.165, 1.54) is 11.2 Å². The van der Waals surface area contributed by atoms with Crippen LogP contribution in [0.2, 0.25) is 0 Å². The molecule has 1 atom stereocenters. The third kappa shape index (κ3) is 4.16. The highest BCUT2D eigenvalue weighted by Crippen LogP contribution is 2.23. The van der Waals surface area contributed by atoms with E-state index in [1.807, 2.05) is 18.2 Å². The van der Waals surface area contributed by atoms with Crippen LogP contribution in [-0.4, -0.2) is 30.9 Å². The van der Waals surface area contributed by atoms with E-state index in [9.17, 15) is 9.59 Å². The molecule has 138 valence electrons. The van der Waals surface area contributed by atoms with Gasteiger partial charge >= 0.3 is 0 Å². The lowest BCUT2D eigenvalue weighted by molar-refractivity contribution is -0.118.